The SMILES string of the molecule is NCC1CCC(c2ccc(O)cc2)NC1. The van der Waals surface area contributed by atoms with E-state index in [4.69, 9.17) is 5.73 Å². The number of aromatic hydroxyl groups is 1. The summed E-state index contributed by atoms with van der Waals surface area (Å²) in [6.07, 6.45) is 2.32. The maximum atomic E-state index is 9.20. The molecule has 1 heterocycles. The van der Waals surface area contributed by atoms with Gasteiger partial charge in [-0.15, -0.1) is 0 Å². The van der Waals surface area contributed by atoms with Crippen molar-refractivity contribution in [2.45, 2.75) is 18.9 Å². The Hall–Kier alpha value is -1.06. The van der Waals surface area contributed by atoms with Crippen LogP contribution in [0, 0.1) is 5.92 Å². The van der Waals surface area contributed by atoms with Crippen LogP contribution in [0.3, 0.4) is 0 Å². The Morgan fingerprint density at radius 1 is 1.27 bits per heavy atom. The van der Waals surface area contributed by atoms with Crippen LogP contribution in [0.15, 0.2) is 24.3 Å². The zero-order valence-electron chi connectivity index (χ0n) is 8.82. The van der Waals surface area contributed by atoms with E-state index in [2.05, 4.69) is 5.32 Å². The van der Waals surface area contributed by atoms with Gasteiger partial charge in [-0.25, -0.2) is 0 Å². The van der Waals surface area contributed by atoms with Crippen molar-refractivity contribution in [2.75, 3.05) is 13.1 Å². The third kappa shape index (κ3) is 2.49. The summed E-state index contributed by atoms with van der Waals surface area (Å²) in [5, 5.41) is 12.7. The average molecular weight is 206 g/mol. The molecule has 0 radical (unpaired) electrons. The molecule has 0 aromatic heterocycles. The van der Waals surface area contributed by atoms with Crippen molar-refractivity contribution in [1.82, 2.24) is 5.32 Å². The second-order valence-corrected chi connectivity index (χ2v) is 4.23. The van der Waals surface area contributed by atoms with Gasteiger partial charge in [0, 0.05) is 6.04 Å². The highest BCUT2D eigenvalue weighted by atomic mass is 16.3. The fourth-order valence-electron chi connectivity index (χ4n) is 2.11. The van der Waals surface area contributed by atoms with Gasteiger partial charge < -0.3 is 16.2 Å². The first kappa shape index (κ1) is 10.5. The zero-order valence-corrected chi connectivity index (χ0v) is 8.82. The molecule has 2 rings (SSSR count). The van der Waals surface area contributed by atoms with Crippen LogP contribution < -0.4 is 11.1 Å². The number of hydrogen-bond donors (Lipinski definition) is 3. The molecule has 2 unspecified atom stereocenters. The largest absolute Gasteiger partial charge is 0.508 e. The first-order chi connectivity index (χ1) is 7.29. The number of phenolic OH excluding ortho intramolecular Hbond substituents is 1. The normalized spacial score (nSPS) is 26.5. The quantitative estimate of drug-likeness (QED) is 0.685. The van der Waals surface area contributed by atoms with Crippen LogP contribution in [0.25, 0.3) is 0 Å². The molecule has 2 atom stereocenters. The van der Waals surface area contributed by atoms with Gasteiger partial charge in [0.1, 0.15) is 5.75 Å². The molecule has 3 nitrogen and oxygen atoms in total. The molecule has 1 aromatic carbocycles. The molecule has 82 valence electrons. The Balaban J connectivity index is 1.98. The van der Waals surface area contributed by atoms with E-state index < -0.39 is 0 Å². The van der Waals surface area contributed by atoms with E-state index in [0.717, 1.165) is 19.5 Å². The van der Waals surface area contributed by atoms with Crippen LogP contribution in [-0.4, -0.2) is 18.2 Å². The van der Waals surface area contributed by atoms with Crippen LogP contribution >= 0.6 is 0 Å². The highest BCUT2D eigenvalue weighted by molar-refractivity contribution is 5.28. The summed E-state index contributed by atoms with van der Waals surface area (Å²) in [6, 6.07) is 7.87. The first-order valence-electron chi connectivity index (χ1n) is 5.52. The topological polar surface area (TPSA) is 58.3 Å². The monoisotopic (exact) mass is 206 g/mol. The van der Waals surface area contributed by atoms with E-state index in [1.807, 2.05) is 12.1 Å². The van der Waals surface area contributed by atoms with E-state index in [9.17, 15) is 5.11 Å². The molecule has 0 amide bonds. The molecule has 15 heavy (non-hydrogen) atoms. The number of nitrogens with two attached hydrogens (primary N) is 1. The fourth-order valence-corrected chi connectivity index (χ4v) is 2.11. The Morgan fingerprint density at radius 3 is 2.53 bits per heavy atom. The maximum absolute atomic E-state index is 9.20. The minimum Gasteiger partial charge on any atom is -0.508 e. The molecule has 1 saturated heterocycles. The minimum absolute atomic E-state index is 0.328. The lowest BCUT2D eigenvalue weighted by Gasteiger charge is -2.29. The molecule has 1 fully saturated rings. The molecule has 1 aliphatic rings. The van der Waals surface area contributed by atoms with Crippen molar-refractivity contribution in [3.05, 3.63) is 29.8 Å². The lowest BCUT2D eigenvalue weighted by molar-refractivity contribution is 0.320. The summed E-state index contributed by atoms with van der Waals surface area (Å²) in [5.41, 5.74) is 6.89. The number of hydrogen-bond acceptors (Lipinski definition) is 3. The van der Waals surface area contributed by atoms with Gasteiger partial charge in [-0.05, 0) is 49.5 Å². The lowest BCUT2D eigenvalue weighted by atomic mass is 9.91. The van der Waals surface area contributed by atoms with Gasteiger partial charge in [0.05, 0.1) is 0 Å². The third-order valence-electron chi connectivity index (χ3n) is 3.15. The van der Waals surface area contributed by atoms with Gasteiger partial charge in [0.2, 0.25) is 0 Å². The number of phenols is 1. The van der Waals surface area contributed by atoms with E-state index in [1.54, 1.807) is 12.1 Å². The third-order valence-corrected chi connectivity index (χ3v) is 3.15. The van der Waals surface area contributed by atoms with Crippen LogP contribution in [0.1, 0.15) is 24.4 Å². The van der Waals surface area contributed by atoms with Gasteiger partial charge in [0.25, 0.3) is 0 Å². The number of rotatable bonds is 2. The average Bonchev–Trinajstić information content (AvgIpc) is 2.30. The Morgan fingerprint density at radius 2 is 2.00 bits per heavy atom. The molecular weight excluding hydrogens is 188 g/mol. The molecule has 0 saturated carbocycles. The molecule has 4 N–H and O–H groups in total. The first-order valence-corrected chi connectivity index (χ1v) is 5.52. The molecule has 0 bridgehead atoms. The number of benzene rings is 1. The maximum Gasteiger partial charge on any atom is 0.115 e. The van der Waals surface area contributed by atoms with Crippen molar-refractivity contribution < 1.29 is 5.11 Å². The highest BCUT2D eigenvalue weighted by Gasteiger charge is 2.20. The van der Waals surface area contributed by atoms with Gasteiger partial charge in [-0.1, -0.05) is 12.1 Å². The Bertz CT molecular complexity index is 302. The molecular formula is C12H18N2O. The molecule has 1 aromatic rings. The Labute approximate surface area is 90.3 Å². The molecule has 0 spiro atoms. The zero-order chi connectivity index (χ0) is 10.7. The predicted octanol–water partition coefficient (Wildman–Crippen LogP) is 1.39. The molecule has 3 heteroatoms. The van der Waals surface area contributed by atoms with Gasteiger partial charge >= 0.3 is 0 Å². The summed E-state index contributed by atoms with van der Waals surface area (Å²) in [6.45, 7) is 1.78. The van der Waals surface area contributed by atoms with E-state index in [-0.39, 0.29) is 0 Å². The summed E-state index contributed by atoms with van der Waals surface area (Å²) in [4.78, 5) is 0. The molecule has 0 aliphatic carbocycles. The summed E-state index contributed by atoms with van der Waals surface area (Å²) in [7, 11) is 0. The van der Waals surface area contributed by atoms with Crippen molar-refractivity contribution in [1.29, 1.82) is 0 Å². The van der Waals surface area contributed by atoms with E-state index >= 15 is 0 Å². The second-order valence-electron chi connectivity index (χ2n) is 4.23. The smallest absolute Gasteiger partial charge is 0.115 e. The predicted molar refractivity (Wildman–Crippen MR) is 60.6 cm³/mol. The standard InChI is InChI=1S/C12H18N2O/c13-7-9-1-6-12(14-8-9)10-2-4-11(15)5-3-10/h2-5,9,12,14-15H,1,6-8,13H2. The fraction of sp³-hybridized carbons (Fsp3) is 0.500. The van der Waals surface area contributed by atoms with Crippen LogP contribution in [0.5, 0.6) is 5.75 Å². The van der Waals surface area contributed by atoms with E-state index in [1.165, 1.54) is 12.0 Å². The van der Waals surface area contributed by atoms with Crippen molar-refractivity contribution in [2.24, 2.45) is 11.7 Å². The van der Waals surface area contributed by atoms with Crippen molar-refractivity contribution in [3.63, 3.8) is 0 Å². The van der Waals surface area contributed by atoms with Crippen molar-refractivity contribution in [3.8, 4) is 5.75 Å². The lowest BCUT2D eigenvalue weighted by Crippen LogP contribution is -2.36. The summed E-state index contributed by atoms with van der Waals surface area (Å²) < 4.78 is 0. The second kappa shape index (κ2) is 4.64. The Kier molecular flexibility index (Phi) is 3.23. The van der Waals surface area contributed by atoms with Gasteiger partial charge in [0.15, 0.2) is 0 Å². The van der Waals surface area contributed by atoms with Crippen LogP contribution in [0.2, 0.25) is 0 Å². The minimum atomic E-state index is 0.328. The summed E-state index contributed by atoms with van der Waals surface area (Å²) >= 11 is 0. The van der Waals surface area contributed by atoms with Gasteiger partial charge in [-0.3, -0.25) is 0 Å². The highest BCUT2D eigenvalue weighted by Crippen LogP contribution is 2.26. The number of piperidine rings is 1. The van der Waals surface area contributed by atoms with Crippen LogP contribution in [-0.2, 0) is 0 Å². The molecule has 1 aliphatic heterocycles. The van der Waals surface area contributed by atoms with Crippen molar-refractivity contribution >= 4 is 0 Å². The number of nitrogens with one attached hydrogen (secondary N) is 1. The van der Waals surface area contributed by atoms with E-state index in [0.29, 0.717) is 17.7 Å². The summed E-state index contributed by atoms with van der Waals surface area (Å²) in [5.74, 6) is 0.952. The van der Waals surface area contributed by atoms with Gasteiger partial charge in [-0.2, -0.15) is 0 Å². The van der Waals surface area contributed by atoms with Crippen LogP contribution in [0.4, 0.5) is 0 Å².